The summed E-state index contributed by atoms with van der Waals surface area (Å²) in [4.78, 5) is 18.6. The topological polar surface area (TPSA) is 100 Å². The molecule has 1 aliphatic rings. The molecule has 2 N–H and O–H groups in total. The fourth-order valence-corrected chi connectivity index (χ4v) is 5.95. The maximum absolute atomic E-state index is 15.2. The molecule has 5 rings (SSSR count). The number of aliphatic carboxylic acids is 1. The van der Waals surface area contributed by atoms with E-state index in [2.05, 4.69) is 22.1 Å². The van der Waals surface area contributed by atoms with Crippen LogP contribution in [0.25, 0.3) is 33.5 Å². The van der Waals surface area contributed by atoms with Crippen LogP contribution in [-0.4, -0.2) is 35.7 Å². The lowest BCUT2D eigenvalue weighted by molar-refractivity contribution is -0.137. The number of rotatable bonds is 7. The number of aromatic nitrogens is 2. The van der Waals surface area contributed by atoms with Crippen molar-refractivity contribution in [3.05, 3.63) is 72.0 Å². The molecule has 3 aromatic carbocycles. The molecule has 1 fully saturated rings. The van der Waals surface area contributed by atoms with Crippen LogP contribution in [0.15, 0.2) is 65.6 Å². The summed E-state index contributed by atoms with van der Waals surface area (Å²) in [6, 6.07) is 17.7. The highest BCUT2D eigenvalue weighted by atomic mass is 32.2. The van der Waals surface area contributed by atoms with Crippen LogP contribution < -0.4 is 0 Å². The Hall–Kier alpha value is -3.52. The second-order valence-electron chi connectivity index (χ2n) is 10.0. The smallest absolute Gasteiger partial charge is 0.303 e. The number of aromatic amines is 1. The minimum Gasteiger partial charge on any atom is -0.481 e. The van der Waals surface area contributed by atoms with Gasteiger partial charge in [0.25, 0.3) is 0 Å². The molecule has 192 valence electrons. The molecule has 37 heavy (non-hydrogen) atoms. The van der Waals surface area contributed by atoms with Gasteiger partial charge in [-0.25, -0.2) is 17.8 Å². The number of imidazole rings is 1. The van der Waals surface area contributed by atoms with Crippen molar-refractivity contribution < 1.29 is 22.7 Å². The number of benzene rings is 3. The standard InChI is InChI=1S/C29H29FN2O4S/c1-37(35,36)23-12-14-26-27(17-23)32-29(31-26)22-11-13-24(25(30)16-22)21-9-7-20(8-10-21)19-5-2-18(3-6-19)4-15-28(33)34/h7-14,16-19H,2-6,15H2,1H3,(H,31,32)(H,33,34). The van der Waals surface area contributed by atoms with E-state index in [1.807, 2.05) is 12.1 Å². The third-order valence-electron chi connectivity index (χ3n) is 7.43. The Balaban J connectivity index is 1.30. The van der Waals surface area contributed by atoms with Gasteiger partial charge < -0.3 is 10.1 Å². The van der Waals surface area contributed by atoms with Gasteiger partial charge in [0, 0.05) is 23.8 Å². The Morgan fingerprint density at radius 1 is 1.00 bits per heavy atom. The molecule has 6 nitrogen and oxygen atoms in total. The molecule has 1 aromatic heterocycles. The molecule has 0 bridgehead atoms. The molecule has 0 unspecified atom stereocenters. The van der Waals surface area contributed by atoms with Crippen molar-refractivity contribution in [2.75, 3.05) is 6.26 Å². The third-order valence-corrected chi connectivity index (χ3v) is 8.54. The monoisotopic (exact) mass is 520 g/mol. The molecule has 0 atom stereocenters. The predicted octanol–water partition coefficient (Wildman–Crippen LogP) is 6.58. The molecule has 0 aliphatic heterocycles. The van der Waals surface area contributed by atoms with Gasteiger partial charge in [-0.3, -0.25) is 4.79 Å². The summed E-state index contributed by atoms with van der Waals surface area (Å²) in [6.45, 7) is 0. The lowest BCUT2D eigenvalue weighted by Crippen LogP contribution is -2.14. The van der Waals surface area contributed by atoms with E-state index in [9.17, 15) is 13.2 Å². The van der Waals surface area contributed by atoms with Gasteiger partial charge in [0.15, 0.2) is 9.84 Å². The van der Waals surface area contributed by atoms with E-state index in [1.54, 1.807) is 18.2 Å². The highest BCUT2D eigenvalue weighted by Gasteiger charge is 2.23. The summed E-state index contributed by atoms with van der Waals surface area (Å²) < 4.78 is 38.8. The van der Waals surface area contributed by atoms with Crippen molar-refractivity contribution in [3.8, 4) is 22.5 Å². The normalized spacial score (nSPS) is 18.2. The predicted molar refractivity (Wildman–Crippen MR) is 142 cm³/mol. The van der Waals surface area contributed by atoms with Gasteiger partial charge in [-0.15, -0.1) is 0 Å². The Bertz CT molecular complexity index is 1550. The largest absolute Gasteiger partial charge is 0.481 e. The van der Waals surface area contributed by atoms with E-state index < -0.39 is 15.8 Å². The molecule has 0 saturated heterocycles. The molecule has 8 heteroatoms. The maximum Gasteiger partial charge on any atom is 0.303 e. The van der Waals surface area contributed by atoms with E-state index >= 15 is 4.39 Å². The van der Waals surface area contributed by atoms with Crippen LogP contribution in [0.2, 0.25) is 0 Å². The number of nitrogens with one attached hydrogen (secondary N) is 1. The van der Waals surface area contributed by atoms with E-state index in [4.69, 9.17) is 5.11 Å². The van der Waals surface area contributed by atoms with Gasteiger partial charge in [0.05, 0.1) is 15.9 Å². The van der Waals surface area contributed by atoms with Gasteiger partial charge in [-0.05, 0) is 79.3 Å². The summed E-state index contributed by atoms with van der Waals surface area (Å²) in [6.07, 6.45) is 6.36. The van der Waals surface area contributed by atoms with Crippen LogP contribution in [0.5, 0.6) is 0 Å². The van der Waals surface area contributed by atoms with Crippen LogP contribution in [-0.2, 0) is 14.6 Å². The number of H-pyrrole nitrogens is 1. The number of carbonyl (C=O) groups is 1. The van der Waals surface area contributed by atoms with Crippen molar-refractivity contribution in [2.45, 2.75) is 49.3 Å². The molecule has 4 aromatic rings. The summed E-state index contributed by atoms with van der Waals surface area (Å²) in [5.74, 6) is 0.340. The van der Waals surface area contributed by atoms with Crippen LogP contribution in [0, 0.1) is 11.7 Å². The Morgan fingerprint density at radius 2 is 1.70 bits per heavy atom. The van der Waals surface area contributed by atoms with Gasteiger partial charge in [-0.1, -0.05) is 36.4 Å². The Kier molecular flexibility index (Phi) is 6.86. The highest BCUT2D eigenvalue weighted by molar-refractivity contribution is 7.90. The van der Waals surface area contributed by atoms with Gasteiger partial charge in [0.1, 0.15) is 11.6 Å². The number of hydrogen-bond acceptors (Lipinski definition) is 4. The number of carboxylic acids is 1. The zero-order chi connectivity index (χ0) is 26.2. The van der Waals surface area contributed by atoms with Crippen LogP contribution >= 0.6 is 0 Å². The molecular formula is C29H29FN2O4S. The van der Waals surface area contributed by atoms with E-state index in [0.29, 0.717) is 39.8 Å². The lowest BCUT2D eigenvalue weighted by atomic mass is 9.77. The first-order valence-corrected chi connectivity index (χ1v) is 14.4. The van der Waals surface area contributed by atoms with Crippen molar-refractivity contribution in [1.82, 2.24) is 9.97 Å². The summed E-state index contributed by atoms with van der Waals surface area (Å²) in [5.41, 5.74) is 4.31. The highest BCUT2D eigenvalue weighted by Crippen LogP contribution is 2.38. The number of sulfone groups is 1. The molecule has 0 spiro atoms. The second kappa shape index (κ2) is 10.1. The van der Waals surface area contributed by atoms with Crippen molar-refractivity contribution in [2.24, 2.45) is 5.92 Å². The van der Waals surface area contributed by atoms with E-state index in [-0.39, 0.29) is 17.1 Å². The van der Waals surface area contributed by atoms with Crippen molar-refractivity contribution in [3.63, 3.8) is 0 Å². The minimum absolute atomic E-state index is 0.200. The molecule has 0 radical (unpaired) electrons. The van der Waals surface area contributed by atoms with Crippen molar-refractivity contribution in [1.29, 1.82) is 0 Å². The zero-order valence-corrected chi connectivity index (χ0v) is 21.4. The first-order valence-electron chi connectivity index (χ1n) is 12.5. The molecule has 1 heterocycles. The number of fused-ring (bicyclic) bond motifs is 1. The molecule has 0 amide bonds. The van der Waals surface area contributed by atoms with Gasteiger partial charge in [-0.2, -0.15) is 0 Å². The Morgan fingerprint density at radius 3 is 2.35 bits per heavy atom. The average molecular weight is 521 g/mol. The summed E-state index contributed by atoms with van der Waals surface area (Å²) in [5, 5.41) is 8.90. The van der Waals surface area contributed by atoms with Crippen LogP contribution in [0.4, 0.5) is 4.39 Å². The average Bonchev–Trinajstić information content (AvgIpc) is 3.31. The van der Waals surface area contributed by atoms with E-state index in [1.165, 1.54) is 23.8 Å². The fraction of sp³-hybridized carbons (Fsp3) is 0.310. The first kappa shape index (κ1) is 25.1. The van der Waals surface area contributed by atoms with Gasteiger partial charge in [0.2, 0.25) is 0 Å². The quantitative estimate of drug-likeness (QED) is 0.287. The van der Waals surface area contributed by atoms with E-state index in [0.717, 1.165) is 43.9 Å². The minimum atomic E-state index is -3.34. The maximum atomic E-state index is 15.2. The number of carboxylic acid groups (broad SMARTS) is 1. The SMILES string of the molecule is CS(=O)(=O)c1ccc2nc(-c3ccc(-c4ccc(C5CCC(CCC(=O)O)CC5)cc4)c(F)c3)[nH]c2c1. The fourth-order valence-electron chi connectivity index (χ4n) is 5.30. The Labute approximate surface area is 215 Å². The van der Waals surface area contributed by atoms with Crippen LogP contribution in [0.1, 0.15) is 50.0 Å². The number of hydrogen-bond donors (Lipinski definition) is 2. The van der Waals surface area contributed by atoms with Crippen LogP contribution in [0.3, 0.4) is 0 Å². The third kappa shape index (κ3) is 5.59. The number of halogens is 1. The lowest BCUT2D eigenvalue weighted by Gasteiger charge is -2.28. The molecule has 1 saturated carbocycles. The zero-order valence-electron chi connectivity index (χ0n) is 20.6. The second-order valence-corrected chi connectivity index (χ2v) is 12.0. The molecule has 1 aliphatic carbocycles. The summed E-state index contributed by atoms with van der Waals surface area (Å²) in [7, 11) is -3.34. The first-order chi connectivity index (χ1) is 17.7. The summed E-state index contributed by atoms with van der Waals surface area (Å²) >= 11 is 0. The van der Waals surface area contributed by atoms with Gasteiger partial charge >= 0.3 is 5.97 Å². The van der Waals surface area contributed by atoms with Crippen molar-refractivity contribution >= 4 is 26.8 Å². The molecular weight excluding hydrogens is 491 g/mol. The number of nitrogens with zero attached hydrogens (tertiary/aromatic N) is 1.